The summed E-state index contributed by atoms with van der Waals surface area (Å²) in [7, 11) is 0. The number of rotatable bonds is 7. The van der Waals surface area contributed by atoms with Crippen LogP contribution in [-0.2, 0) is 11.3 Å². The van der Waals surface area contributed by atoms with Gasteiger partial charge >= 0.3 is 0 Å². The number of nitrogens with one attached hydrogen (secondary N) is 2. The lowest BCUT2D eigenvalue weighted by Gasteiger charge is -2.04. The standard InChI is InChI=1S/C18H16ClFN4OS2/c1-11-2-7-14(8-15(11)19)22-17-23-24-18(27-17)26-10-16(25)21-9-12-3-5-13(20)6-4-12/h2-8H,9-10H2,1H3,(H,21,25)(H,22,23). The molecule has 0 saturated heterocycles. The number of nitrogens with zero attached hydrogens (tertiary/aromatic N) is 2. The summed E-state index contributed by atoms with van der Waals surface area (Å²) in [5.41, 5.74) is 2.67. The van der Waals surface area contributed by atoms with Crippen molar-refractivity contribution in [2.45, 2.75) is 17.8 Å². The normalized spacial score (nSPS) is 10.6. The molecule has 0 aliphatic carbocycles. The molecule has 0 fully saturated rings. The third-order valence-electron chi connectivity index (χ3n) is 3.56. The van der Waals surface area contributed by atoms with E-state index in [9.17, 15) is 9.18 Å². The summed E-state index contributed by atoms with van der Waals surface area (Å²) in [5, 5.41) is 15.4. The Morgan fingerprint density at radius 3 is 2.74 bits per heavy atom. The Kier molecular flexibility index (Phi) is 6.65. The van der Waals surface area contributed by atoms with Crippen LogP contribution in [0, 0.1) is 12.7 Å². The van der Waals surface area contributed by atoms with Gasteiger partial charge in [-0.25, -0.2) is 4.39 Å². The van der Waals surface area contributed by atoms with Gasteiger partial charge in [-0.3, -0.25) is 4.79 Å². The zero-order chi connectivity index (χ0) is 19.2. The van der Waals surface area contributed by atoms with Crippen LogP contribution in [-0.4, -0.2) is 21.9 Å². The highest BCUT2D eigenvalue weighted by molar-refractivity contribution is 8.01. The van der Waals surface area contributed by atoms with Gasteiger partial charge in [0, 0.05) is 17.3 Å². The molecule has 2 aromatic carbocycles. The highest BCUT2D eigenvalue weighted by atomic mass is 35.5. The molecule has 3 aromatic rings. The molecule has 2 N–H and O–H groups in total. The van der Waals surface area contributed by atoms with Gasteiger partial charge in [0.05, 0.1) is 5.75 Å². The molecule has 0 bridgehead atoms. The lowest BCUT2D eigenvalue weighted by Crippen LogP contribution is -2.24. The lowest BCUT2D eigenvalue weighted by molar-refractivity contribution is -0.118. The van der Waals surface area contributed by atoms with Crippen molar-refractivity contribution < 1.29 is 9.18 Å². The van der Waals surface area contributed by atoms with Crippen molar-refractivity contribution in [3.8, 4) is 0 Å². The molecule has 27 heavy (non-hydrogen) atoms. The van der Waals surface area contributed by atoms with E-state index in [-0.39, 0.29) is 17.5 Å². The number of amides is 1. The Bertz CT molecular complexity index is 933. The summed E-state index contributed by atoms with van der Waals surface area (Å²) in [6.45, 7) is 2.30. The zero-order valence-corrected chi connectivity index (χ0v) is 16.7. The molecule has 1 amide bonds. The molecule has 1 heterocycles. The van der Waals surface area contributed by atoms with Gasteiger partial charge < -0.3 is 10.6 Å². The number of aromatic nitrogens is 2. The summed E-state index contributed by atoms with van der Waals surface area (Å²) in [6.07, 6.45) is 0. The first-order chi connectivity index (χ1) is 13.0. The van der Waals surface area contributed by atoms with Crippen LogP contribution in [0.15, 0.2) is 46.8 Å². The molecule has 140 valence electrons. The van der Waals surface area contributed by atoms with Crippen molar-refractivity contribution in [2.75, 3.05) is 11.1 Å². The number of hydrogen-bond acceptors (Lipinski definition) is 6. The van der Waals surface area contributed by atoms with E-state index in [2.05, 4.69) is 20.8 Å². The summed E-state index contributed by atoms with van der Waals surface area (Å²) in [6, 6.07) is 11.7. The van der Waals surface area contributed by atoms with E-state index < -0.39 is 0 Å². The fraction of sp³-hybridized carbons (Fsp3) is 0.167. The van der Waals surface area contributed by atoms with E-state index in [1.165, 1.54) is 35.2 Å². The predicted molar refractivity (Wildman–Crippen MR) is 108 cm³/mol. The number of carbonyl (C=O) groups is 1. The van der Waals surface area contributed by atoms with Crippen LogP contribution in [0.3, 0.4) is 0 Å². The second kappa shape index (κ2) is 9.16. The third-order valence-corrected chi connectivity index (χ3v) is 5.94. The van der Waals surface area contributed by atoms with Crippen molar-refractivity contribution in [1.29, 1.82) is 0 Å². The number of anilines is 2. The summed E-state index contributed by atoms with van der Waals surface area (Å²) >= 11 is 8.78. The molecular formula is C18H16ClFN4OS2. The Morgan fingerprint density at radius 1 is 1.22 bits per heavy atom. The molecular weight excluding hydrogens is 407 g/mol. The van der Waals surface area contributed by atoms with Gasteiger partial charge in [-0.1, -0.05) is 52.9 Å². The number of hydrogen-bond donors (Lipinski definition) is 2. The molecule has 0 spiro atoms. The average molecular weight is 423 g/mol. The maximum Gasteiger partial charge on any atom is 0.230 e. The van der Waals surface area contributed by atoms with Crippen LogP contribution in [0.5, 0.6) is 0 Å². The molecule has 0 unspecified atom stereocenters. The van der Waals surface area contributed by atoms with Gasteiger partial charge in [0.25, 0.3) is 0 Å². The lowest BCUT2D eigenvalue weighted by atomic mass is 10.2. The largest absolute Gasteiger partial charge is 0.351 e. The SMILES string of the molecule is Cc1ccc(Nc2nnc(SCC(=O)NCc3ccc(F)cc3)s2)cc1Cl. The van der Waals surface area contributed by atoms with Crippen LogP contribution in [0.1, 0.15) is 11.1 Å². The maximum absolute atomic E-state index is 12.9. The van der Waals surface area contributed by atoms with Crippen LogP contribution in [0.2, 0.25) is 5.02 Å². The minimum Gasteiger partial charge on any atom is -0.351 e. The molecule has 0 aliphatic rings. The van der Waals surface area contributed by atoms with E-state index in [0.717, 1.165) is 16.8 Å². The first-order valence-electron chi connectivity index (χ1n) is 8.00. The first-order valence-corrected chi connectivity index (χ1v) is 10.2. The third kappa shape index (κ3) is 5.92. The second-order valence-corrected chi connectivity index (χ2v) is 8.26. The zero-order valence-electron chi connectivity index (χ0n) is 14.3. The van der Waals surface area contributed by atoms with Gasteiger partial charge in [0.2, 0.25) is 11.0 Å². The molecule has 1 aromatic heterocycles. The Hall–Kier alpha value is -2.16. The maximum atomic E-state index is 12.9. The molecule has 9 heteroatoms. The Morgan fingerprint density at radius 2 is 2.00 bits per heavy atom. The van der Waals surface area contributed by atoms with E-state index in [1.807, 2.05) is 25.1 Å². The van der Waals surface area contributed by atoms with Crippen LogP contribution < -0.4 is 10.6 Å². The summed E-state index contributed by atoms with van der Waals surface area (Å²) < 4.78 is 13.5. The summed E-state index contributed by atoms with van der Waals surface area (Å²) in [5.74, 6) is -0.194. The van der Waals surface area contributed by atoms with Gasteiger partial charge in [0.1, 0.15) is 5.82 Å². The predicted octanol–water partition coefficient (Wildman–Crippen LogP) is 4.79. The highest BCUT2D eigenvalue weighted by Gasteiger charge is 2.09. The van der Waals surface area contributed by atoms with Crippen molar-refractivity contribution in [3.05, 3.63) is 64.4 Å². The van der Waals surface area contributed by atoms with Crippen molar-refractivity contribution in [3.63, 3.8) is 0 Å². The number of aryl methyl sites for hydroxylation is 1. The van der Waals surface area contributed by atoms with Gasteiger partial charge in [-0.05, 0) is 42.3 Å². The minimum atomic E-state index is -0.297. The van der Waals surface area contributed by atoms with E-state index in [0.29, 0.717) is 21.0 Å². The van der Waals surface area contributed by atoms with Gasteiger partial charge in [-0.2, -0.15) is 0 Å². The highest BCUT2D eigenvalue weighted by Crippen LogP contribution is 2.29. The number of carbonyl (C=O) groups excluding carboxylic acids is 1. The molecule has 0 atom stereocenters. The second-order valence-electron chi connectivity index (χ2n) is 5.65. The Balaban J connectivity index is 1.46. The fourth-order valence-corrected chi connectivity index (χ4v) is 3.88. The fourth-order valence-electron chi connectivity index (χ4n) is 2.09. The topological polar surface area (TPSA) is 66.9 Å². The van der Waals surface area contributed by atoms with E-state index in [4.69, 9.17) is 11.6 Å². The number of halogens is 2. The van der Waals surface area contributed by atoms with Crippen molar-refractivity contribution in [2.24, 2.45) is 0 Å². The average Bonchev–Trinajstić information content (AvgIpc) is 3.10. The molecule has 3 rings (SSSR count). The smallest absolute Gasteiger partial charge is 0.230 e. The van der Waals surface area contributed by atoms with Gasteiger partial charge in [0.15, 0.2) is 4.34 Å². The minimum absolute atomic E-state index is 0.126. The molecule has 0 radical (unpaired) electrons. The quantitative estimate of drug-likeness (QED) is 0.536. The summed E-state index contributed by atoms with van der Waals surface area (Å²) in [4.78, 5) is 11.9. The van der Waals surface area contributed by atoms with Crippen molar-refractivity contribution >= 4 is 51.4 Å². The number of benzene rings is 2. The van der Waals surface area contributed by atoms with Crippen LogP contribution >= 0.6 is 34.7 Å². The molecule has 0 aliphatic heterocycles. The number of thioether (sulfide) groups is 1. The molecule has 5 nitrogen and oxygen atoms in total. The van der Waals surface area contributed by atoms with Gasteiger partial charge in [-0.15, -0.1) is 10.2 Å². The van der Waals surface area contributed by atoms with E-state index in [1.54, 1.807) is 12.1 Å². The van der Waals surface area contributed by atoms with Crippen molar-refractivity contribution in [1.82, 2.24) is 15.5 Å². The van der Waals surface area contributed by atoms with Crippen LogP contribution in [0.4, 0.5) is 15.2 Å². The van der Waals surface area contributed by atoms with Crippen LogP contribution in [0.25, 0.3) is 0 Å². The van der Waals surface area contributed by atoms with E-state index >= 15 is 0 Å². The first kappa shape index (κ1) is 19.6. The Labute approximate surface area is 169 Å². The molecule has 0 saturated carbocycles. The monoisotopic (exact) mass is 422 g/mol.